The summed E-state index contributed by atoms with van der Waals surface area (Å²) in [6, 6.07) is 17.4. The van der Waals surface area contributed by atoms with Crippen LogP contribution in [-0.2, 0) is 61.2 Å². The van der Waals surface area contributed by atoms with Crippen LogP contribution in [0, 0.1) is 30.1 Å². The van der Waals surface area contributed by atoms with E-state index in [2.05, 4.69) is 32.9 Å². The molecule has 424 valence electrons. The summed E-state index contributed by atoms with van der Waals surface area (Å²) in [4.78, 5) is 77.1. The van der Waals surface area contributed by atoms with Gasteiger partial charge in [0.1, 0.15) is 48.0 Å². The zero-order valence-electron chi connectivity index (χ0n) is 43.7. The normalized spacial score (nSPS) is 25.0. The Kier molecular flexibility index (Phi) is 22.3. The van der Waals surface area contributed by atoms with Gasteiger partial charge in [-0.2, -0.15) is 0 Å². The number of aliphatic hydroxyl groups excluding tert-OH is 2. The summed E-state index contributed by atoms with van der Waals surface area (Å²) in [5.41, 5.74) is -7.68. The maximum atomic E-state index is 12.6. The average Bonchev–Trinajstić information content (AvgIpc) is 3.82. The van der Waals surface area contributed by atoms with E-state index in [9.17, 15) is 49.2 Å². The minimum Gasteiger partial charge on any atom is -0.462 e. The number of rotatable bonds is 21. The number of carbonyl (C=O) groups is 2. The summed E-state index contributed by atoms with van der Waals surface area (Å²) in [6.45, 7) is 5.87. The number of para-hydroxylation sites is 2. The number of esters is 2. The lowest BCUT2D eigenvalue weighted by atomic mass is 9.94. The number of ether oxygens (including phenoxy) is 4. The second-order valence-electron chi connectivity index (χ2n) is 18.5. The summed E-state index contributed by atoms with van der Waals surface area (Å²) in [6.07, 6.45) is -1.62. The molecule has 0 saturated carbocycles. The average molecular weight is 1160 g/mol. The van der Waals surface area contributed by atoms with Gasteiger partial charge in [-0.1, -0.05) is 74.9 Å². The van der Waals surface area contributed by atoms with E-state index >= 15 is 0 Å². The molecule has 0 bridgehead atoms. The molecule has 0 radical (unpaired) electrons. The molecule has 0 aliphatic carbocycles. The fourth-order valence-corrected chi connectivity index (χ4v) is 12.2. The first-order chi connectivity index (χ1) is 36.7. The Bertz CT molecular complexity index is 3140. The van der Waals surface area contributed by atoms with Crippen molar-refractivity contribution in [1.82, 2.24) is 29.3 Å². The summed E-state index contributed by atoms with van der Waals surface area (Å²) in [5.74, 6) is 6.93. The Labute approximate surface area is 459 Å². The highest BCUT2D eigenvalue weighted by Gasteiger charge is 2.58. The van der Waals surface area contributed by atoms with E-state index in [1.165, 1.54) is 0 Å². The van der Waals surface area contributed by atoms with Crippen LogP contribution in [0.3, 0.4) is 0 Å². The Morgan fingerprint density at radius 3 is 1.54 bits per heavy atom. The maximum absolute atomic E-state index is 12.6. The molecule has 2 aromatic carbocycles. The molecule has 0 spiro atoms. The van der Waals surface area contributed by atoms with Crippen LogP contribution in [0.1, 0.15) is 74.3 Å². The second kappa shape index (κ2) is 27.5. The van der Waals surface area contributed by atoms with Gasteiger partial charge in [0.05, 0.1) is 25.4 Å². The quantitative estimate of drug-likeness (QED) is 0.0337. The number of terminal acetylenes is 1. The van der Waals surface area contributed by atoms with Gasteiger partial charge in [-0.25, -0.2) is 19.8 Å². The number of H-pyrrole nitrogens is 2. The fraction of sp³-hybridized carbons (Fsp3) is 0.480. The van der Waals surface area contributed by atoms with Crippen molar-refractivity contribution in [3.05, 3.63) is 127 Å². The standard InChI is InChI=1S/C26H34N3O9PS.C24H30N3O9PS/c1-16(2)11-13-26(34)22(31)20(37-24(26)29-14-12-21(30)27-25(29)33)15-35-39(40,38-19-9-7-6-8-10-19)28-18(5)23(32)36-17(3)4;1-5-17(21(30)34-15(3)4)26-37(38,36-16-10-8-7-9-11-16)33-14-18-20(29)24(32,6-2)22(35-18)27-13-12-19(28)25-23(27)31/h6-10,12,14,16-18,20,22,24,31,34H,15H2,1-5H3,(H,28,40)(H,27,30,33);2,7-13,15,17-18,20,22,29,32H,5,14H2,1,3-4H3,(H,26,38)(H,25,28,31)/t18-,20+,22+,24+,26+,39?;17-,18+,20+,22+,24+,37?/m00/s1. The third-order valence-corrected chi connectivity index (χ3v) is 16.1. The Morgan fingerprint density at radius 2 is 1.13 bits per heavy atom. The van der Waals surface area contributed by atoms with Crippen molar-refractivity contribution < 1.29 is 67.1 Å². The van der Waals surface area contributed by atoms with Crippen LogP contribution < -0.4 is 41.7 Å². The monoisotopic (exact) mass is 1160 g/mol. The minimum absolute atomic E-state index is 0.179. The summed E-state index contributed by atoms with van der Waals surface area (Å²) >= 11 is 11.4. The van der Waals surface area contributed by atoms with E-state index in [0.29, 0.717) is 17.9 Å². The van der Waals surface area contributed by atoms with E-state index in [-0.39, 0.29) is 18.1 Å². The zero-order valence-corrected chi connectivity index (χ0v) is 47.2. The molecule has 2 saturated heterocycles. The molecule has 6 rings (SSSR count). The molecule has 24 nitrogen and oxygen atoms in total. The smallest absolute Gasteiger partial charge is 0.330 e. The number of aromatic amines is 2. The Morgan fingerprint density at radius 1 is 0.705 bits per heavy atom. The Hall–Kier alpha value is -5.64. The van der Waals surface area contributed by atoms with Gasteiger partial charge < -0.3 is 57.5 Å². The van der Waals surface area contributed by atoms with Crippen LogP contribution >= 0.6 is 13.3 Å². The minimum atomic E-state index is -3.51. The lowest BCUT2D eigenvalue weighted by Gasteiger charge is -2.29. The van der Waals surface area contributed by atoms with Crippen molar-refractivity contribution in [3.63, 3.8) is 0 Å². The number of aliphatic hydroxyl groups is 4. The first-order valence-electron chi connectivity index (χ1n) is 24.4. The molecule has 2 aromatic heterocycles. The molecular formula is C50H64N6O18P2S2. The van der Waals surface area contributed by atoms with Crippen LogP contribution in [0.2, 0.25) is 0 Å². The van der Waals surface area contributed by atoms with Crippen LogP contribution in [0.5, 0.6) is 11.5 Å². The zero-order chi connectivity index (χ0) is 57.8. The number of hydrogen-bond acceptors (Lipinski definition) is 20. The third-order valence-electron chi connectivity index (χ3n) is 11.1. The highest BCUT2D eigenvalue weighted by molar-refractivity contribution is 8.09. The van der Waals surface area contributed by atoms with Crippen LogP contribution in [-0.4, -0.2) is 125 Å². The van der Waals surface area contributed by atoms with Gasteiger partial charge in [-0.3, -0.25) is 38.3 Å². The van der Waals surface area contributed by atoms with E-state index in [1.54, 1.807) is 116 Å². The largest absolute Gasteiger partial charge is 0.462 e. The molecular weight excluding hydrogens is 1100 g/mol. The highest BCUT2D eigenvalue weighted by atomic mass is 32.5. The van der Waals surface area contributed by atoms with Gasteiger partial charge in [0.25, 0.3) is 11.1 Å². The van der Waals surface area contributed by atoms with Gasteiger partial charge in [0.15, 0.2) is 23.7 Å². The fourth-order valence-electron chi connectivity index (χ4n) is 7.34. The Balaban J connectivity index is 0.000000288. The van der Waals surface area contributed by atoms with E-state index in [1.807, 2.05) is 4.98 Å². The molecule has 4 heterocycles. The summed E-state index contributed by atoms with van der Waals surface area (Å²) in [7, 11) is 0. The van der Waals surface area contributed by atoms with Crippen molar-refractivity contribution >= 4 is 48.8 Å². The first kappa shape index (κ1) is 63.2. The van der Waals surface area contributed by atoms with Gasteiger partial charge in [-0.05, 0) is 88.9 Å². The number of aromatic nitrogens is 4. The topological polar surface area (TPSA) is 323 Å². The van der Waals surface area contributed by atoms with Crippen molar-refractivity contribution in [2.45, 2.75) is 134 Å². The predicted molar refractivity (Wildman–Crippen MR) is 291 cm³/mol. The van der Waals surface area contributed by atoms with E-state index in [0.717, 1.165) is 33.7 Å². The molecule has 78 heavy (non-hydrogen) atoms. The van der Waals surface area contributed by atoms with E-state index < -0.39 is 121 Å². The van der Waals surface area contributed by atoms with Crippen molar-refractivity contribution in [1.29, 1.82) is 0 Å². The summed E-state index contributed by atoms with van der Waals surface area (Å²) < 4.78 is 47.8. The maximum Gasteiger partial charge on any atom is 0.330 e. The van der Waals surface area contributed by atoms with Gasteiger partial charge in [0.2, 0.25) is 0 Å². The molecule has 0 amide bonds. The van der Waals surface area contributed by atoms with Crippen molar-refractivity contribution in [2.75, 3.05) is 13.2 Å². The number of nitrogens with zero attached hydrogens (tertiary/aromatic N) is 2. The second-order valence-corrected chi connectivity index (χ2v) is 24.8. The molecule has 12 atom stereocenters. The lowest BCUT2D eigenvalue weighted by molar-refractivity contribution is -0.150. The van der Waals surface area contributed by atoms with Crippen LogP contribution in [0.15, 0.2) is 104 Å². The number of hydrogen-bond donors (Lipinski definition) is 8. The number of benzene rings is 2. The van der Waals surface area contributed by atoms with Gasteiger partial charge >= 0.3 is 36.6 Å². The van der Waals surface area contributed by atoms with Crippen molar-refractivity contribution in [3.8, 4) is 35.7 Å². The molecule has 2 fully saturated rings. The lowest BCUT2D eigenvalue weighted by Crippen LogP contribution is -2.48. The first-order valence-corrected chi connectivity index (χ1v) is 29.6. The molecule has 28 heteroatoms. The number of carbonyl (C=O) groups excluding carboxylic acids is 2. The molecule has 4 aromatic rings. The number of nitrogens with one attached hydrogen (secondary N) is 4. The van der Waals surface area contributed by atoms with Crippen molar-refractivity contribution in [2.24, 2.45) is 5.92 Å². The molecule has 8 N–H and O–H groups in total. The molecule has 2 aliphatic heterocycles. The van der Waals surface area contributed by atoms with E-state index in [4.69, 9.17) is 67.1 Å². The molecule has 2 unspecified atom stereocenters. The summed E-state index contributed by atoms with van der Waals surface area (Å²) in [5, 5.41) is 50.3. The van der Waals surface area contributed by atoms with Gasteiger partial charge in [0, 0.05) is 30.4 Å². The predicted octanol–water partition coefficient (Wildman–Crippen LogP) is 2.23. The molecule has 2 aliphatic rings. The van der Waals surface area contributed by atoms with Crippen LogP contribution in [0.4, 0.5) is 0 Å². The third kappa shape index (κ3) is 16.5. The van der Waals surface area contributed by atoms with Crippen LogP contribution in [0.25, 0.3) is 0 Å². The highest BCUT2D eigenvalue weighted by Crippen LogP contribution is 2.49. The SMILES string of the molecule is C#C[C@@]1(O)[C@H](O)[C@@H](COP(=S)(N[C@@H](CC)C(=O)OC(C)C)Oc2ccccc2)O[C@H]1n1ccc(=O)[nH]c1=O.CC(C)C#C[C@@]1(O)[C@H](O)[C@@H](COP(=S)(N[C@@H](C)C(=O)OC(C)C)Oc2ccccc2)O[C@H]1n1ccc(=O)[nH]c1=O. The van der Waals surface area contributed by atoms with Gasteiger partial charge in [-0.15, -0.1) is 6.42 Å².